The molecule has 88 valence electrons. The highest BCUT2D eigenvalue weighted by Gasteiger charge is 2.38. The molecule has 0 bridgehead atoms. The van der Waals surface area contributed by atoms with Gasteiger partial charge in [0, 0.05) is 18.6 Å². The van der Waals surface area contributed by atoms with Crippen LogP contribution in [0.5, 0.6) is 0 Å². The summed E-state index contributed by atoms with van der Waals surface area (Å²) in [6.07, 6.45) is -4.39. The van der Waals surface area contributed by atoms with Gasteiger partial charge in [0.25, 0.3) is 0 Å². The summed E-state index contributed by atoms with van der Waals surface area (Å²) in [7, 11) is 0. The van der Waals surface area contributed by atoms with Crippen molar-refractivity contribution in [2.75, 3.05) is 26.3 Å². The summed E-state index contributed by atoms with van der Waals surface area (Å²) in [4.78, 5) is 12.5. The Hall–Kier alpha value is -0.820. The second kappa shape index (κ2) is 3.97. The zero-order valence-electron chi connectivity index (χ0n) is 8.30. The molecule has 0 saturated carbocycles. The van der Waals surface area contributed by atoms with Gasteiger partial charge in [-0.15, -0.1) is 0 Å². The Morgan fingerprint density at radius 3 is 2.47 bits per heavy atom. The van der Waals surface area contributed by atoms with Crippen molar-refractivity contribution >= 4 is 5.91 Å². The predicted molar refractivity (Wildman–Crippen MR) is 46.0 cm³/mol. The third kappa shape index (κ3) is 4.05. The van der Waals surface area contributed by atoms with E-state index in [2.05, 4.69) is 4.74 Å². The van der Waals surface area contributed by atoms with Crippen LogP contribution in [0.4, 0.5) is 13.2 Å². The fourth-order valence-electron chi connectivity index (χ4n) is 1.35. The van der Waals surface area contributed by atoms with Gasteiger partial charge in [0.15, 0.2) is 0 Å². The average Bonchev–Trinajstić information content (AvgIpc) is 1.97. The number of alkyl halides is 3. The highest BCUT2D eigenvalue weighted by molar-refractivity contribution is 5.78. The zero-order valence-corrected chi connectivity index (χ0v) is 8.30. The van der Waals surface area contributed by atoms with Crippen molar-refractivity contribution in [1.82, 2.24) is 4.90 Å². The fourth-order valence-corrected chi connectivity index (χ4v) is 1.35. The van der Waals surface area contributed by atoms with Crippen LogP contribution >= 0.6 is 0 Å². The summed E-state index contributed by atoms with van der Waals surface area (Å²) in [5.74, 6) is -0.456. The molecule has 1 rings (SSSR count). The molecule has 1 saturated heterocycles. The van der Waals surface area contributed by atoms with Gasteiger partial charge in [0.2, 0.25) is 5.91 Å². The monoisotopic (exact) mass is 226 g/mol. The maximum Gasteiger partial charge on any atom is 0.411 e. The summed E-state index contributed by atoms with van der Waals surface area (Å²) in [6.45, 7) is 0.553. The first kappa shape index (κ1) is 12.3. The van der Waals surface area contributed by atoms with E-state index < -0.39 is 30.8 Å². The average molecular weight is 226 g/mol. The molecule has 0 aliphatic carbocycles. The molecule has 1 aliphatic heterocycles. The number of nitrogens with zero attached hydrogens (tertiary/aromatic N) is 1. The Morgan fingerprint density at radius 1 is 1.53 bits per heavy atom. The Bertz CT molecular complexity index is 245. The minimum Gasteiger partial charge on any atom is -0.362 e. The van der Waals surface area contributed by atoms with Crippen molar-refractivity contribution in [2.45, 2.75) is 18.6 Å². The van der Waals surface area contributed by atoms with Gasteiger partial charge < -0.3 is 15.4 Å². The Kier molecular flexibility index (Phi) is 3.25. The van der Waals surface area contributed by atoms with E-state index in [1.54, 1.807) is 6.92 Å². The first-order chi connectivity index (χ1) is 6.70. The molecular formula is C8H13F3N2O2. The zero-order chi connectivity index (χ0) is 11.7. The normalized spacial score (nSPS) is 19.9. The molecular weight excluding hydrogens is 213 g/mol. The number of likely N-dealkylation sites (tertiary alicyclic amines) is 1. The number of ether oxygens (including phenoxy) is 1. The molecule has 7 heteroatoms. The predicted octanol–water partition coefficient (Wildman–Crippen LogP) is 0.125. The molecule has 1 heterocycles. The van der Waals surface area contributed by atoms with Crippen molar-refractivity contribution < 1.29 is 22.7 Å². The number of halogens is 3. The summed E-state index contributed by atoms with van der Waals surface area (Å²) in [6, 6.07) is 0. The number of amides is 1. The topological polar surface area (TPSA) is 55.6 Å². The first-order valence-corrected chi connectivity index (χ1v) is 4.41. The van der Waals surface area contributed by atoms with Gasteiger partial charge in [0.1, 0.15) is 13.2 Å². The molecule has 0 aromatic heterocycles. The van der Waals surface area contributed by atoms with E-state index in [1.807, 2.05) is 0 Å². The van der Waals surface area contributed by atoms with E-state index in [-0.39, 0.29) is 0 Å². The third-order valence-corrected chi connectivity index (χ3v) is 1.95. The summed E-state index contributed by atoms with van der Waals surface area (Å²) >= 11 is 0. The van der Waals surface area contributed by atoms with E-state index >= 15 is 0 Å². The van der Waals surface area contributed by atoms with Crippen LogP contribution in [0, 0.1) is 0 Å². The second-order valence-corrected chi connectivity index (χ2v) is 4.01. The van der Waals surface area contributed by atoms with Gasteiger partial charge in [-0.2, -0.15) is 13.2 Å². The van der Waals surface area contributed by atoms with E-state index in [0.717, 1.165) is 0 Å². The van der Waals surface area contributed by atoms with Crippen molar-refractivity contribution in [1.29, 1.82) is 0 Å². The SMILES string of the molecule is CC1(N)CN(C(=O)COCC(F)(F)F)C1. The standard InChI is InChI=1S/C8H13F3N2O2/c1-7(12)3-13(4-7)6(14)2-15-5-8(9,10)11/h2-5,12H2,1H3. The number of carbonyl (C=O) groups is 1. The van der Waals surface area contributed by atoms with Crippen LogP contribution in [-0.4, -0.2) is 48.8 Å². The van der Waals surface area contributed by atoms with Crippen LogP contribution in [-0.2, 0) is 9.53 Å². The molecule has 2 N–H and O–H groups in total. The van der Waals surface area contributed by atoms with Crippen LogP contribution in [0.25, 0.3) is 0 Å². The van der Waals surface area contributed by atoms with Gasteiger partial charge in [-0.1, -0.05) is 0 Å². The largest absolute Gasteiger partial charge is 0.411 e. The minimum absolute atomic E-state index is 0.362. The molecule has 4 nitrogen and oxygen atoms in total. The number of rotatable bonds is 3. The molecule has 0 unspecified atom stereocenters. The smallest absolute Gasteiger partial charge is 0.362 e. The summed E-state index contributed by atoms with van der Waals surface area (Å²) in [5, 5.41) is 0. The Balaban J connectivity index is 2.16. The molecule has 15 heavy (non-hydrogen) atoms. The van der Waals surface area contributed by atoms with Gasteiger partial charge in [0.05, 0.1) is 0 Å². The van der Waals surface area contributed by atoms with Gasteiger partial charge in [-0.3, -0.25) is 4.79 Å². The number of hydrogen-bond acceptors (Lipinski definition) is 3. The van der Waals surface area contributed by atoms with Crippen molar-refractivity contribution in [3.05, 3.63) is 0 Å². The molecule has 0 radical (unpaired) electrons. The van der Waals surface area contributed by atoms with E-state index in [1.165, 1.54) is 4.90 Å². The quantitative estimate of drug-likeness (QED) is 0.744. The summed E-state index contributed by atoms with van der Waals surface area (Å²) in [5.41, 5.74) is 5.22. The lowest BCUT2D eigenvalue weighted by molar-refractivity contribution is -0.179. The second-order valence-electron chi connectivity index (χ2n) is 4.01. The lowest BCUT2D eigenvalue weighted by Gasteiger charge is -2.45. The number of carbonyl (C=O) groups excluding carboxylic acids is 1. The van der Waals surface area contributed by atoms with E-state index in [9.17, 15) is 18.0 Å². The van der Waals surface area contributed by atoms with Crippen LogP contribution < -0.4 is 5.73 Å². The van der Waals surface area contributed by atoms with Crippen molar-refractivity contribution in [2.24, 2.45) is 5.73 Å². The van der Waals surface area contributed by atoms with E-state index in [4.69, 9.17) is 5.73 Å². The molecule has 0 aromatic rings. The van der Waals surface area contributed by atoms with Crippen molar-refractivity contribution in [3.8, 4) is 0 Å². The molecule has 1 aliphatic rings. The molecule has 0 spiro atoms. The van der Waals surface area contributed by atoms with Crippen LogP contribution in [0.1, 0.15) is 6.92 Å². The third-order valence-electron chi connectivity index (χ3n) is 1.95. The molecule has 0 atom stereocenters. The van der Waals surface area contributed by atoms with Gasteiger partial charge in [-0.25, -0.2) is 0 Å². The lowest BCUT2D eigenvalue weighted by Crippen LogP contribution is -2.67. The number of nitrogens with two attached hydrogens (primary N) is 1. The maximum atomic E-state index is 11.7. The minimum atomic E-state index is -4.39. The first-order valence-electron chi connectivity index (χ1n) is 4.41. The molecule has 1 amide bonds. The summed E-state index contributed by atoms with van der Waals surface area (Å²) < 4.78 is 39.2. The van der Waals surface area contributed by atoms with Gasteiger partial charge in [-0.05, 0) is 6.92 Å². The highest BCUT2D eigenvalue weighted by atomic mass is 19.4. The number of hydrogen-bond donors (Lipinski definition) is 1. The van der Waals surface area contributed by atoms with E-state index in [0.29, 0.717) is 13.1 Å². The van der Waals surface area contributed by atoms with Crippen LogP contribution in [0.2, 0.25) is 0 Å². The van der Waals surface area contributed by atoms with Crippen LogP contribution in [0.3, 0.4) is 0 Å². The maximum absolute atomic E-state index is 11.7. The Labute approximate surface area is 85.2 Å². The molecule has 0 aromatic carbocycles. The van der Waals surface area contributed by atoms with Gasteiger partial charge >= 0.3 is 6.18 Å². The van der Waals surface area contributed by atoms with Crippen LogP contribution in [0.15, 0.2) is 0 Å². The lowest BCUT2D eigenvalue weighted by atomic mass is 9.94. The fraction of sp³-hybridized carbons (Fsp3) is 0.875. The van der Waals surface area contributed by atoms with Crippen molar-refractivity contribution in [3.63, 3.8) is 0 Å². The molecule has 1 fully saturated rings. The highest BCUT2D eigenvalue weighted by Crippen LogP contribution is 2.18. The Morgan fingerprint density at radius 2 is 2.07 bits per heavy atom.